The van der Waals surface area contributed by atoms with E-state index in [1.54, 1.807) is 6.92 Å². The SMILES string of the molecule is CC(C)CNC(=O)c1cccc([C@H]2CC[C@]3(O)[C@@H]4CCC5=C[C@@H](O[C@@H]6O[C@@H](C)[C@H](O)[C@@H](O)[C@H]6O)CC[C@]5(C)[C@H]4CC[C@]23C)c1. The molecule has 8 nitrogen and oxygen atoms in total. The van der Waals surface area contributed by atoms with Gasteiger partial charge in [0, 0.05) is 17.5 Å². The monoisotopic (exact) mass is 611 g/mol. The van der Waals surface area contributed by atoms with Gasteiger partial charge < -0.3 is 35.2 Å². The minimum atomic E-state index is -1.31. The van der Waals surface area contributed by atoms with E-state index >= 15 is 0 Å². The molecule has 0 bridgehead atoms. The lowest BCUT2D eigenvalue weighted by Crippen LogP contribution is -2.60. The summed E-state index contributed by atoms with van der Waals surface area (Å²) in [6, 6.07) is 8.08. The Labute approximate surface area is 262 Å². The Bertz CT molecular complexity index is 1270. The molecule has 4 fully saturated rings. The van der Waals surface area contributed by atoms with E-state index in [0.29, 0.717) is 23.9 Å². The first-order valence-electron chi connectivity index (χ1n) is 17.0. The first-order chi connectivity index (χ1) is 20.8. The third-order valence-corrected chi connectivity index (χ3v) is 12.6. The lowest BCUT2D eigenvalue weighted by Gasteiger charge is -2.62. The van der Waals surface area contributed by atoms with Crippen LogP contribution >= 0.6 is 0 Å². The number of aliphatic hydroxyl groups excluding tert-OH is 3. The van der Waals surface area contributed by atoms with Gasteiger partial charge in [-0.25, -0.2) is 0 Å². The third-order valence-electron chi connectivity index (χ3n) is 12.6. The Kier molecular flexibility index (Phi) is 8.60. The fourth-order valence-corrected chi connectivity index (χ4v) is 9.90. The van der Waals surface area contributed by atoms with Crippen LogP contribution in [0.3, 0.4) is 0 Å². The molecule has 1 amide bonds. The van der Waals surface area contributed by atoms with Crippen LogP contribution in [0.2, 0.25) is 0 Å². The lowest BCUT2D eigenvalue weighted by molar-refractivity contribution is -0.301. The standard InChI is InChI=1S/C36H53NO7/c1-20(2)19-37-32(41)23-8-6-7-22(17-23)26-13-16-36(42)28-10-9-24-18-25(44-33-31(40)30(39)29(38)21(3)43-33)11-14-34(24,4)27(28)12-15-35(26,36)5/h6-8,17-18,20-21,25-31,33,38-40,42H,9-16,19H2,1-5H3,(H,37,41)/t21-,25-,26+,27-,28+,29-,30+,31+,33-,34-,35+,36-/m0/s1. The van der Waals surface area contributed by atoms with Gasteiger partial charge in [0.2, 0.25) is 0 Å². The van der Waals surface area contributed by atoms with Crippen molar-refractivity contribution in [3.05, 3.63) is 47.0 Å². The molecule has 0 aromatic heterocycles. The van der Waals surface area contributed by atoms with E-state index in [9.17, 15) is 25.2 Å². The van der Waals surface area contributed by atoms with Crippen LogP contribution in [0, 0.1) is 28.6 Å². The molecular formula is C36H53NO7. The van der Waals surface area contributed by atoms with Crippen LogP contribution < -0.4 is 5.32 Å². The molecule has 44 heavy (non-hydrogen) atoms. The van der Waals surface area contributed by atoms with Crippen LogP contribution in [0.15, 0.2) is 35.9 Å². The van der Waals surface area contributed by atoms with Crippen molar-refractivity contribution in [2.24, 2.45) is 28.6 Å². The molecule has 3 saturated carbocycles. The minimum absolute atomic E-state index is 0.0264. The highest BCUT2D eigenvalue weighted by Crippen LogP contribution is 2.70. The maximum absolute atomic E-state index is 12.9. The van der Waals surface area contributed by atoms with E-state index in [1.165, 1.54) is 11.1 Å². The Hall–Kier alpha value is -1.81. The molecule has 8 heteroatoms. The first-order valence-corrected chi connectivity index (χ1v) is 17.0. The summed E-state index contributed by atoms with van der Waals surface area (Å²) in [6.07, 6.45) is 3.83. The van der Waals surface area contributed by atoms with Gasteiger partial charge in [0.05, 0.1) is 17.8 Å². The molecule has 1 saturated heterocycles. The van der Waals surface area contributed by atoms with Gasteiger partial charge in [0.25, 0.3) is 5.91 Å². The maximum Gasteiger partial charge on any atom is 0.251 e. The van der Waals surface area contributed by atoms with E-state index in [-0.39, 0.29) is 34.7 Å². The number of allylic oxidation sites excluding steroid dienone is 1. The van der Waals surface area contributed by atoms with Crippen molar-refractivity contribution in [2.45, 2.75) is 134 Å². The Morgan fingerprint density at radius 3 is 2.55 bits per heavy atom. The number of hydrogen-bond donors (Lipinski definition) is 5. The summed E-state index contributed by atoms with van der Waals surface area (Å²) in [5.74, 6) is 1.15. The quantitative estimate of drug-likeness (QED) is 0.301. The van der Waals surface area contributed by atoms with Crippen LogP contribution in [-0.4, -0.2) is 75.3 Å². The molecule has 12 atom stereocenters. The predicted octanol–water partition coefficient (Wildman–Crippen LogP) is 4.45. The van der Waals surface area contributed by atoms with Crippen LogP contribution in [0.25, 0.3) is 0 Å². The molecule has 1 heterocycles. The molecule has 0 unspecified atom stereocenters. The average Bonchev–Trinajstić information content (AvgIpc) is 3.28. The molecule has 1 aromatic carbocycles. The van der Waals surface area contributed by atoms with Gasteiger partial charge in [-0.15, -0.1) is 0 Å². The Morgan fingerprint density at radius 2 is 1.80 bits per heavy atom. The van der Waals surface area contributed by atoms with Gasteiger partial charge in [0.1, 0.15) is 18.3 Å². The summed E-state index contributed by atoms with van der Waals surface area (Å²) in [4.78, 5) is 12.9. The zero-order valence-corrected chi connectivity index (χ0v) is 27.0. The van der Waals surface area contributed by atoms with Crippen molar-refractivity contribution in [1.29, 1.82) is 0 Å². The Balaban J connectivity index is 1.18. The number of carbonyl (C=O) groups excluding carboxylic acids is 1. The summed E-state index contributed by atoms with van der Waals surface area (Å²) in [7, 11) is 0. The first kappa shape index (κ1) is 32.1. The van der Waals surface area contributed by atoms with E-state index in [4.69, 9.17) is 9.47 Å². The summed E-state index contributed by atoms with van der Waals surface area (Å²) in [5.41, 5.74) is 2.19. The van der Waals surface area contributed by atoms with Crippen LogP contribution in [0.4, 0.5) is 0 Å². The highest BCUT2D eigenvalue weighted by Gasteiger charge is 2.66. The average molecular weight is 612 g/mol. The fourth-order valence-electron chi connectivity index (χ4n) is 9.90. The van der Waals surface area contributed by atoms with Crippen molar-refractivity contribution >= 4 is 5.91 Å². The second kappa shape index (κ2) is 11.8. The van der Waals surface area contributed by atoms with Gasteiger partial charge in [-0.1, -0.05) is 51.5 Å². The summed E-state index contributed by atoms with van der Waals surface area (Å²) in [5, 5.41) is 46.5. The van der Waals surface area contributed by atoms with Gasteiger partial charge >= 0.3 is 0 Å². The molecule has 1 aromatic rings. The molecule has 0 spiro atoms. The van der Waals surface area contributed by atoms with Crippen LogP contribution in [0.1, 0.15) is 108 Å². The van der Waals surface area contributed by atoms with Crippen molar-refractivity contribution in [1.82, 2.24) is 5.32 Å². The highest BCUT2D eigenvalue weighted by atomic mass is 16.7. The van der Waals surface area contributed by atoms with E-state index < -0.39 is 36.3 Å². The number of carbonyl (C=O) groups is 1. The molecule has 0 radical (unpaired) electrons. The number of aliphatic hydroxyl groups is 4. The van der Waals surface area contributed by atoms with Crippen molar-refractivity contribution in [3.8, 4) is 0 Å². The molecular weight excluding hydrogens is 558 g/mol. The van der Waals surface area contributed by atoms with Crippen molar-refractivity contribution in [2.75, 3.05) is 6.54 Å². The normalized spacial score (nSPS) is 45.2. The number of fused-ring (bicyclic) bond motifs is 5. The zero-order chi connectivity index (χ0) is 31.6. The fraction of sp³-hybridized carbons (Fsp3) is 0.750. The number of hydrogen-bond acceptors (Lipinski definition) is 7. The Morgan fingerprint density at radius 1 is 1.02 bits per heavy atom. The topological polar surface area (TPSA) is 128 Å². The van der Waals surface area contributed by atoms with E-state index in [0.717, 1.165) is 51.4 Å². The number of nitrogens with one attached hydrogen (secondary N) is 1. The lowest BCUT2D eigenvalue weighted by atomic mass is 9.45. The van der Waals surface area contributed by atoms with Crippen LogP contribution in [-0.2, 0) is 9.47 Å². The number of ether oxygens (including phenoxy) is 2. The molecule has 5 aliphatic rings. The molecule has 5 N–H and O–H groups in total. The van der Waals surface area contributed by atoms with Crippen molar-refractivity contribution < 1.29 is 34.7 Å². The van der Waals surface area contributed by atoms with Gasteiger partial charge in [-0.05, 0) is 105 Å². The summed E-state index contributed by atoms with van der Waals surface area (Å²) in [6.45, 7) is 11.2. The number of rotatable bonds is 6. The van der Waals surface area contributed by atoms with E-state index in [1.807, 2.05) is 12.1 Å². The largest absolute Gasteiger partial charge is 0.389 e. The van der Waals surface area contributed by atoms with Crippen molar-refractivity contribution in [3.63, 3.8) is 0 Å². The predicted molar refractivity (Wildman–Crippen MR) is 167 cm³/mol. The minimum Gasteiger partial charge on any atom is -0.389 e. The van der Waals surface area contributed by atoms with Gasteiger partial charge in [-0.2, -0.15) is 0 Å². The molecule has 1 aliphatic heterocycles. The second-order valence-corrected chi connectivity index (χ2v) is 15.5. The second-order valence-electron chi connectivity index (χ2n) is 15.5. The molecule has 6 rings (SSSR count). The molecule has 4 aliphatic carbocycles. The highest BCUT2D eigenvalue weighted by molar-refractivity contribution is 5.94. The molecule has 244 valence electrons. The number of amides is 1. The maximum atomic E-state index is 12.9. The van der Waals surface area contributed by atoms with E-state index in [2.05, 4.69) is 51.2 Å². The van der Waals surface area contributed by atoms with Gasteiger partial charge in [-0.3, -0.25) is 4.79 Å². The third kappa shape index (κ3) is 5.18. The van der Waals surface area contributed by atoms with Gasteiger partial charge in [0.15, 0.2) is 6.29 Å². The number of benzene rings is 1. The smallest absolute Gasteiger partial charge is 0.251 e. The summed E-state index contributed by atoms with van der Waals surface area (Å²) >= 11 is 0. The van der Waals surface area contributed by atoms with Crippen LogP contribution in [0.5, 0.6) is 0 Å². The zero-order valence-electron chi connectivity index (χ0n) is 27.0. The summed E-state index contributed by atoms with van der Waals surface area (Å²) < 4.78 is 11.9.